The van der Waals surface area contributed by atoms with E-state index in [-0.39, 0.29) is 36.5 Å². The molecule has 2 fully saturated rings. The molecular formula is C39H47N9O8. The van der Waals surface area contributed by atoms with E-state index >= 15 is 0 Å². The van der Waals surface area contributed by atoms with Crippen LogP contribution in [0.15, 0.2) is 55.0 Å². The number of piperidine rings is 2. The smallest absolute Gasteiger partial charge is 0.297 e. The second-order valence-electron chi connectivity index (χ2n) is 14.0. The van der Waals surface area contributed by atoms with Gasteiger partial charge >= 0.3 is 0 Å². The third-order valence-corrected chi connectivity index (χ3v) is 9.87. The number of fused-ring (bicyclic) bond motifs is 2. The standard InChI is InChI=1S/C39H47N9O8/c1-24(2)47-32-22-34(44-33-9-12-40-38(45-33)46-13-10-26(52-4)11-14-46)41-23-30(32)43-39(47)56-20-18-54-16-15-53-17-19-55-27-6-7-28-29(21-27)37(51)48(36(28)50)31-8-5-25(3)42-35(31)49/h6-7,9,12,21-24,26,31H,3,5,8,10-11,13-20H2,1-2,4H3,(H,42,49)(H,40,41,44,45). The van der Waals surface area contributed by atoms with Gasteiger partial charge in [0.05, 0.1) is 55.4 Å². The summed E-state index contributed by atoms with van der Waals surface area (Å²) in [7, 11) is 1.76. The summed E-state index contributed by atoms with van der Waals surface area (Å²) in [5.41, 5.74) is 2.63. The Morgan fingerprint density at radius 2 is 1.61 bits per heavy atom. The molecule has 2 saturated heterocycles. The molecule has 1 atom stereocenters. The molecule has 17 heteroatoms. The fraction of sp³-hybridized carbons (Fsp3) is 0.462. The number of hydrogen-bond acceptors (Lipinski definition) is 14. The van der Waals surface area contributed by atoms with Gasteiger partial charge < -0.3 is 39.2 Å². The number of pyridine rings is 1. The quantitative estimate of drug-likeness (QED) is 0.116. The summed E-state index contributed by atoms with van der Waals surface area (Å²) in [6.45, 7) is 11.4. The molecule has 0 spiro atoms. The number of nitrogens with one attached hydrogen (secondary N) is 2. The minimum Gasteiger partial charge on any atom is -0.491 e. The number of methoxy groups -OCH3 is 1. The van der Waals surface area contributed by atoms with Crippen LogP contribution in [0.5, 0.6) is 11.8 Å². The van der Waals surface area contributed by atoms with Crippen LogP contribution in [0.2, 0.25) is 0 Å². The van der Waals surface area contributed by atoms with E-state index in [1.807, 2.05) is 16.7 Å². The molecule has 296 valence electrons. The van der Waals surface area contributed by atoms with Gasteiger partial charge in [0, 0.05) is 44.2 Å². The first kappa shape index (κ1) is 38.6. The number of rotatable bonds is 17. The van der Waals surface area contributed by atoms with Crippen molar-refractivity contribution in [3.8, 4) is 11.8 Å². The fourth-order valence-corrected chi connectivity index (χ4v) is 6.99. The van der Waals surface area contributed by atoms with Crippen LogP contribution in [0.25, 0.3) is 11.0 Å². The van der Waals surface area contributed by atoms with Crippen LogP contribution in [0.3, 0.4) is 0 Å². The van der Waals surface area contributed by atoms with Crippen molar-refractivity contribution in [3.05, 3.63) is 66.1 Å². The lowest BCUT2D eigenvalue weighted by Gasteiger charge is -2.31. The van der Waals surface area contributed by atoms with E-state index in [0.717, 1.165) is 36.3 Å². The minimum absolute atomic E-state index is 0.0722. The SMILES string of the molecule is C=C1CCC(N2C(=O)c3ccc(OCCOCCOCCOc4nc5cnc(Nc6ccnc(N7CCC(OC)CC7)n6)cc5n4C(C)C)cc3C2=O)C(=O)N1. The van der Waals surface area contributed by atoms with Gasteiger partial charge in [0.2, 0.25) is 11.9 Å². The monoisotopic (exact) mass is 769 g/mol. The normalized spacial score (nSPS) is 17.5. The highest BCUT2D eigenvalue weighted by atomic mass is 16.6. The molecule has 2 N–H and O–H groups in total. The van der Waals surface area contributed by atoms with Crippen LogP contribution in [-0.2, 0) is 19.0 Å². The van der Waals surface area contributed by atoms with Gasteiger partial charge in [-0.05, 0) is 63.8 Å². The van der Waals surface area contributed by atoms with Crippen LogP contribution >= 0.6 is 0 Å². The number of imide groups is 1. The van der Waals surface area contributed by atoms with Gasteiger partial charge in [-0.2, -0.15) is 9.97 Å². The number of amides is 3. The molecular weight excluding hydrogens is 722 g/mol. The molecule has 0 bridgehead atoms. The maximum Gasteiger partial charge on any atom is 0.297 e. The van der Waals surface area contributed by atoms with Crippen molar-refractivity contribution in [1.29, 1.82) is 0 Å². The van der Waals surface area contributed by atoms with Gasteiger partial charge in [0.25, 0.3) is 17.8 Å². The predicted molar refractivity (Wildman–Crippen MR) is 205 cm³/mol. The fourth-order valence-electron chi connectivity index (χ4n) is 6.99. The topological polar surface area (TPSA) is 184 Å². The van der Waals surface area contributed by atoms with E-state index in [1.54, 1.807) is 31.6 Å². The molecule has 4 aromatic rings. The average Bonchev–Trinajstić information content (AvgIpc) is 3.68. The summed E-state index contributed by atoms with van der Waals surface area (Å²) < 4.78 is 30.7. The Morgan fingerprint density at radius 1 is 0.875 bits per heavy atom. The molecule has 6 heterocycles. The zero-order valence-corrected chi connectivity index (χ0v) is 31.9. The first-order chi connectivity index (χ1) is 27.2. The highest BCUT2D eigenvalue weighted by molar-refractivity contribution is 6.23. The van der Waals surface area contributed by atoms with E-state index in [0.29, 0.717) is 79.8 Å². The van der Waals surface area contributed by atoms with Crippen molar-refractivity contribution < 1.29 is 38.1 Å². The van der Waals surface area contributed by atoms with Crippen LogP contribution < -0.4 is 25.0 Å². The van der Waals surface area contributed by atoms with Gasteiger partial charge in [-0.25, -0.2) is 9.97 Å². The molecule has 1 unspecified atom stereocenters. The number of carbonyl (C=O) groups excluding carboxylic acids is 3. The van der Waals surface area contributed by atoms with Gasteiger partial charge in [0.15, 0.2) is 0 Å². The van der Waals surface area contributed by atoms with Gasteiger partial charge in [-0.15, -0.1) is 0 Å². The number of aromatic nitrogens is 5. The Balaban J connectivity index is 0.825. The number of ether oxygens (including phenoxy) is 5. The summed E-state index contributed by atoms with van der Waals surface area (Å²) in [6.07, 6.45) is 6.47. The molecule has 0 saturated carbocycles. The lowest BCUT2D eigenvalue weighted by Crippen LogP contribution is -2.51. The van der Waals surface area contributed by atoms with E-state index in [9.17, 15) is 14.4 Å². The zero-order chi connectivity index (χ0) is 39.2. The maximum atomic E-state index is 13.1. The number of hydrogen-bond donors (Lipinski definition) is 2. The molecule has 17 nitrogen and oxygen atoms in total. The molecule has 1 aromatic carbocycles. The van der Waals surface area contributed by atoms with Gasteiger partial charge in [0.1, 0.15) is 42.2 Å². The molecule has 3 amide bonds. The van der Waals surface area contributed by atoms with Crippen LogP contribution in [0.1, 0.15) is 66.3 Å². The molecule has 0 radical (unpaired) electrons. The van der Waals surface area contributed by atoms with Crippen molar-refractivity contribution in [2.45, 2.75) is 57.7 Å². The summed E-state index contributed by atoms with van der Waals surface area (Å²) in [5.74, 6) is 0.984. The second-order valence-corrected chi connectivity index (χ2v) is 14.0. The first-order valence-corrected chi connectivity index (χ1v) is 18.9. The largest absolute Gasteiger partial charge is 0.491 e. The zero-order valence-electron chi connectivity index (χ0n) is 31.9. The Hall–Kier alpha value is -5.65. The van der Waals surface area contributed by atoms with E-state index in [4.69, 9.17) is 28.7 Å². The van der Waals surface area contributed by atoms with Crippen LogP contribution in [0, 0.1) is 0 Å². The number of allylic oxidation sites excluding steroid dienone is 1. The number of benzene rings is 1. The molecule has 0 aliphatic carbocycles. The molecule has 56 heavy (non-hydrogen) atoms. The van der Waals surface area contributed by atoms with Crippen LogP contribution in [-0.4, -0.2) is 119 Å². The van der Waals surface area contributed by atoms with Crippen molar-refractivity contribution in [1.82, 2.24) is 34.7 Å². The highest BCUT2D eigenvalue weighted by Gasteiger charge is 2.44. The van der Waals surface area contributed by atoms with Crippen molar-refractivity contribution in [2.75, 3.05) is 70.1 Å². The number of imidazole rings is 1. The molecule has 3 aliphatic rings. The summed E-state index contributed by atoms with van der Waals surface area (Å²) in [4.78, 5) is 60.1. The van der Waals surface area contributed by atoms with Gasteiger partial charge in [-0.3, -0.25) is 23.9 Å². The summed E-state index contributed by atoms with van der Waals surface area (Å²) in [6, 6.07) is 8.15. The highest BCUT2D eigenvalue weighted by Crippen LogP contribution is 2.31. The summed E-state index contributed by atoms with van der Waals surface area (Å²) in [5, 5.41) is 5.95. The van der Waals surface area contributed by atoms with Crippen molar-refractivity contribution in [3.63, 3.8) is 0 Å². The lowest BCUT2D eigenvalue weighted by atomic mass is 10.0. The Kier molecular flexibility index (Phi) is 12.0. The third kappa shape index (κ3) is 8.59. The molecule has 3 aromatic heterocycles. The number of carbonyl (C=O) groups is 3. The lowest BCUT2D eigenvalue weighted by molar-refractivity contribution is -0.125. The van der Waals surface area contributed by atoms with Crippen molar-refractivity contribution >= 4 is 46.3 Å². The maximum absolute atomic E-state index is 13.1. The Bertz CT molecular complexity index is 2080. The third-order valence-electron chi connectivity index (χ3n) is 9.87. The Morgan fingerprint density at radius 3 is 2.34 bits per heavy atom. The Labute approximate surface area is 324 Å². The second kappa shape index (κ2) is 17.4. The molecule has 3 aliphatic heterocycles. The molecule has 7 rings (SSSR count). The first-order valence-electron chi connectivity index (χ1n) is 18.9. The average molecular weight is 770 g/mol. The van der Waals surface area contributed by atoms with E-state index in [1.165, 1.54) is 6.07 Å². The number of nitrogens with zero attached hydrogens (tertiary/aromatic N) is 7. The predicted octanol–water partition coefficient (Wildman–Crippen LogP) is 4.04. The minimum atomic E-state index is -0.862. The van der Waals surface area contributed by atoms with E-state index < -0.39 is 23.8 Å². The number of anilines is 3. The van der Waals surface area contributed by atoms with E-state index in [2.05, 4.69) is 50.9 Å². The summed E-state index contributed by atoms with van der Waals surface area (Å²) >= 11 is 0. The van der Waals surface area contributed by atoms with Crippen molar-refractivity contribution in [2.24, 2.45) is 0 Å². The van der Waals surface area contributed by atoms with Gasteiger partial charge in [-0.1, -0.05) is 6.58 Å². The van der Waals surface area contributed by atoms with Crippen LogP contribution in [0.4, 0.5) is 17.6 Å².